The number of sulfonamides is 1. The van der Waals surface area contributed by atoms with E-state index in [1.165, 1.54) is 38.8 Å². The van der Waals surface area contributed by atoms with Gasteiger partial charge in [-0.05, 0) is 50.8 Å². The number of fused-ring (bicyclic) bond motifs is 1. The van der Waals surface area contributed by atoms with Crippen LogP contribution in [-0.4, -0.2) is 34.0 Å². The van der Waals surface area contributed by atoms with Gasteiger partial charge in [-0.25, -0.2) is 27.5 Å². The summed E-state index contributed by atoms with van der Waals surface area (Å²) in [5.74, 6) is -1.16. The third-order valence-corrected chi connectivity index (χ3v) is 7.70. The van der Waals surface area contributed by atoms with Crippen LogP contribution in [-0.2, 0) is 28.3 Å². The van der Waals surface area contributed by atoms with Crippen LogP contribution >= 0.6 is 11.3 Å². The van der Waals surface area contributed by atoms with Crippen LogP contribution in [0.3, 0.4) is 0 Å². The molecule has 0 saturated heterocycles. The second kappa shape index (κ2) is 7.98. The number of benzene rings is 1. The van der Waals surface area contributed by atoms with Crippen molar-refractivity contribution >= 4 is 38.4 Å². The van der Waals surface area contributed by atoms with Crippen LogP contribution in [0.15, 0.2) is 34.1 Å². The molecule has 0 amide bonds. The average molecular weight is 442 g/mol. The van der Waals surface area contributed by atoms with E-state index in [-0.39, 0.29) is 42.3 Å². The van der Waals surface area contributed by atoms with Crippen molar-refractivity contribution in [2.45, 2.75) is 43.0 Å². The Balaban J connectivity index is 0.00000256. The van der Waals surface area contributed by atoms with Crippen LogP contribution in [0.5, 0.6) is 0 Å². The molecule has 12 heteroatoms. The maximum Gasteiger partial charge on any atom is 1.00 e. The van der Waals surface area contributed by atoms with E-state index in [9.17, 15) is 23.1 Å². The molecule has 0 aliphatic heterocycles. The van der Waals surface area contributed by atoms with Gasteiger partial charge < -0.3 is 9.90 Å². The molecule has 154 valence electrons. The van der Waals surface area contributed by atoms with Crippen LogP contribution in [0.25, 0.3) is 16.2 Å². The van der Waals surface area contributed by atoms with Crippen molar-refractivity contribution in [3.05, 3.63) is 39.8 Å². The molecular weight excluding hydrogens is 423 g/mol. The molecule has 30 heavy (non-hydrogen) atoms. The number of rotatable bonds is 7. The normalized spacial score (nSPS) is 15.1. The van der Waals surface area contributed by atoms with Crippen molar-refractivity contribution in [1.82, 2.24) is 18.8 Å². The average Bonchev–Trinajstić information content (AvgIpc) is 3.09. The van der Waals surface area contributed by atoms with E-state index < -0.39 is 21.5 Å². The minimum Gasteiger partial charge on any atom is -0.550 e. The minimum absolute atomic E-state index is 0. The van der Waals surface area contributed by atoms with Crippen molar-refractivity contribution in [1.29, 1.82) is 0 Å². The summed E-state index contributed by atoms with van der Waals surface area (Å²) >= 11 is 1.19. The fourth-order valence-electron chi connectivity index (χ4n) is 3.09. The summed E-state index contributed by atoms with van der Waals surface area (Å²) in [4.78, 5) is 28.5. The Labute approximate surface area is 189 Å². The molecule has 0 spiro atoms. The zero-order chi connectivity index (χ0) is 21.0. The predicted molar refractivity (Wildman–Crippen MR) is 105 cm³/mol. The van der Waals surface area contributed by atoms with Gasteiger partial charge in [0, 0.05) is 29.6 Å². The van der Waals surface area contributed by atoms with E-state index >= 15 is 0 Å². The summed E-state index contributed by atoms with van der Waals surface area (Å²) in [5, 5.41) is 11.0. The largest absolute Gasteiger partial charge is 1.00 e. The molecule has 1 fully saturated rings. The predicted octanol–water partition coefficient (Wildman–Crippen LogP) is -2.70. The number of nitrogens with one attached hydrogen (secondary N) is 1. The molecule has 0 radical (unpaired) electrons. The molecule has 1 aliphatic carbocycles. The van der Waals surface area contributed by atoms with Gasteiger partial charge in [-0.3, -0.25) is 4.57 Å². The van der Waals surface area contributed by atoms with E-state index in [4.69, 9.17) is 0 Å². The Bertz CT molecular complexity index is 1290. The van der Waals surface area contributed by atoms with Gasteiger partial charge >= 0.3 is 24.6 Å². The van der Waals surface area contributed by atoms with Crippen LogP contribution in [0, 0.1) is 0 Å². The van der Waals surface area contributed by atoms with Gasteiger partial charge in [-0.15, -0.1) is 11.3 Å². The third kappa shape index (κ3) is 4.26. The van der Waals surface area contributed by atoms with Gasteiger partial charge in [0.25, 0.3) is 0 Å². The Morgan fingerprint density at radius 2 is 2.03 bits per heavy atom. The number of hydrogen-bond acceptors (Lipinski definition) is 7. The van der Waals surface area contributed by atoms with Gasteiger partial charge in [0.05, 0.1) is 15.9 Å². The third-order valence-electron chi connectivity index (χ3n) is 5.03. The zero-order valence-corrected chi connectivity index (χ0v) is 18.5. The number of imidazole rings is 1. The number of aromatic nitrogens is 3. The number of aryl methyl sites for hydroxylation is 2. The second-order valence-corrected chi connectivity index (χ2v) is 10.3. The zero-order valence-electron chi connectivity index (χ0n) is 16.8. The standard InChI is InChI=1S/C18H20N4O5S2.Li/c1-18(7-8-18)20-29(26,27)12-4-5-13-14(9-12)22(17(25)21(13)2)16-19-10-11(28-16)3-6-15(23)24;/h4-5,9-10,20H,3,6-8H2,1-2H3,(H,23,24);/q;+1/p-1. The van der Waals surface area contributed by atoms with Crippen LogP contribution in [0.1, 0.15) is 31.1 Å². The number of carboxylic acids is 1. The minimum atomic E-state index is -3.73. The van der Waals surface area contributed by atoms with Crippen molar-refractivity contribution < 1.29 is 37.2 Å². The number of thiazole rings is 1. The SMILES string of the molecule is Cn1c(=O)n(-c2ncc(CCC(=O)[O-])s2)c2cc(S(=O)(=O)NC3(C)CC3)ccc21.[Li+]. The summed E-state index contributed by atoms with van der Waals surface area (Å²) in [6, 6.07) is 4.54. The summed E-state index contributed by atoms with van der Waals surface area (Å²) in [5.41, 5.74) is 0.213. The van der Waals surface area contributed by atoms with Crippen LogP contribution in [0.4, 0.5) is 0 Å². The molecule has 9 nitrogen and oxygen atoms in total. The molecule has 4 rings (SSSR count). The van der Waals surface area contributed by atoms with Gasteiger partial charge in [0.2, 0.25) is 10.0 Å². The van der Waals surface area contributed by atoms with Crippen molar-refractivity contribution in [2.75, 3.05) is 0 Å². The molecule has 1 saturated carbocycles. The van der Waals surface area contributed by atoms with E-state index in [0.717, 1.165) is 12.8 Å². The van der Waals surface area contributed by atoms with Crippen molar-refractivity contribution in [3.63, 3.8) is 0 Å². The topological polar surface area (TPSA) is 126 Å². The van der Waals surface area contributed by atoms with E-state index in [2.05, 4.69) is 9.71 Å². The molecule has 2 heterocycles. The van der Waals surface area contributed by atoms with Crippen molar-refractivity contribution in [3.8, 4) is 5.13 Å². The van der Waals surface area contributed by atoms with E-state index in [1.807, 2.05) is 6.92 Å². The smallest absolute Gasteiger partial charge is 0.550 e. The van der Waals surface area contributed by atoms with Gasteiger partial charge in [0.15, 0.2) is 5.13 Å². The first-order valence-corrected chi connectivity index (χ1v) is 11.3. The maximum atomic E-state index is 12.8. The number of aliphatic carboxylic acids is 1. The van der Waals surface area contributed by atoms with Crippen LogP contribution in [0.2, 0.25) is 0 Å². The first-order chi connectivity index (χ1) is 13.6. The number of carboxylic acid groups (broad SMARTS) is 1. The molecule has 0 unspecified atom stereocenters. The van der Waals surface area contributed by atoms with Gasteiger partial charge in [-0.1, -0.05) is 0 Å². The molecule has 1 aromatic carbocycles. The summed E-state index contributed by atoms with van der Waals surface area (Å²) in [6.07, 6.45) is 3.21. The molecule has 1 aliphatic rings. The molecule has 3 aromatic rings. The number of carbonyl (C=O) groups is 1. The number of nitrogens with zero attached hydrogens (tertiary/aromatic N) is 3. The molecule has 2 aromatic heterocycles. The molecular formula is C18H19LiN4O5S2. The van der Waals surface area contributed by atoms with Gasteiger partial charge in [0.1, 0.15) is 0 Å². The van der Waals surface area contributed by atoms with Gasteiger partial charge in [-0.2, -0.15) is 0 Å². The Morgan fingerprint density at radius 3 is 2.67 bits per heavy atom. The molecule has 1 N–H and O–H groups in total. The Kier molecular flexibility index (Phi) is 6.06. The quantitative estimate of drug-likeness (QED) is 0.397. The van der Waals surface area contributed by atoms with Crippen LogP contribution < -0.4 is 34.4 Å². The number of carbonyl (C=O) groups excluding carboxylic acids is 1. The maximum absolute atomic E-state index is 12.8. The van der Waals surface area contributed by atoms with E-state index in [0.29, 0.717) is 21.0 Å². The summed E-state index contributed by atoms with van der Waals surface area (Å²) in [6.45, 7) is 1.85. The Hall–Kier alpha value is -1.90. The fourth-order valence-corrected chi connectivity index (χ4v) is 5.49. The Morgan fingerprint density at radius 1 is 1.33 bits per heavy atom. The van der Waals surface area contributed by atoms with Crippen molar-refractivity contribution in [2.24, 2.45) is 7.05 Å². The van der Waals surface area contributed by atoms with E-state index in [1.54, 1.807) is 13.1 Å². The monoisotopic (exact) mass is 442 g/mol. The first-order valence-electron chi connectivity index (χ1n) is 9.00. The molecule has 0 bridgehead atoms. The fraction of sp³-hybridized carbons (Fsp3) is 0.389. The first kappa shape index (κ1) is 22.8. The number of hydrogen-bond donors (Lipinski definition) is 1. The summed E-state index contributed by atoms with van der Waals surface area (Å²) in [7, 11) is -2.13. The molecule has 0 atom stereocenters. The second-order valence-electron chi connectivity index (χ2n) is 7.47. The summed E-state index contributed by atoms with van der Waals surface area (Å²) < 4.78 is 31.0.